The van der Waals surface area contributed by atoms with Crippen molar-refractivity contribution < 1.29 is 22.3 Å². The van der Waals surface area contributed by atoms with Gasteiger partial charge in [0.1, 0.15) is 6.67 Å². The summed E-state index contributed by atoms with van der Waals surface area (Å²) in [5.74, 6) is -0.700. The first-order chi connectivity index (χ1) is 6.44. The molecule has 0 amide bonds. The summed E-state index contributed by atoms with van der Waals surface area (Å²) in [5.41, 5.74) is -0.145. The standard InChI is InChI=1S/C7H4ClF4NO/c8-6-4(1-9)2-13-3-5(6)14-7(10,11)12/h2-3H,1H2. The molecule has 0 unspecified atom stereocenters. The quantitative estimate of drug-likeness (QED) is 0.727. The molecule has 0 aliphatic rings. The predicted molar refractivity (Wildman–Crippen MR) is 40.7 cm³/mol. The Morgan fingerprint density at radius 2 is 2.00 bits per heavy atom. The third-order valence-electron chi connectivity index (χ3n) is 1.29. The third-order valence-corrected chi connectivity index (χ3v) is 1.72. The number of aromatic nitrogens is 1. The highest BCUT2D eigenvalue weighted by molar-refractivity contribution is 6.32. The highest BCUT2D eigenvalue weighted by Crippen LogP contribution is 2.31. The Morgan fingerprint density at radius 3 is 2.50 bits per heavy atom. The first kappa shape index (κ1) is 11.0. The van der Waals surface area contributed by atoms with E-state index in [4.69, 9.17) is 11.6 Å². The lowest BCUT2D eigenvalue weighted by Gasteiger charge is -2.10. The molecule has 0 aromatic carbocycles. The molecular weight excluding hydrogens is 226 g/mol. The van der Waals surface area contributed by atoms with Crippen LogP contribution in [0.15, 0.2) is 12.4 Å². The molecule has 0 aliphatic heterocycles. The van der Waals surface area contributed by atoms with Crippen molar-refractivity contribution in [3.05, 3.63) is 23.0 Å². The van der Waals surface area contributed by atoms with Crippen LogP contribution in [-0.2, 0) is 6.67 Å². The molecule has 1 heterocycles. The average molecular weight is 230 g/mol. The highest BCUT2D eigenvalue weighted by atomic mass is 35.5. The van der Waals surface area contributed by atoms with E-state index in [1.807, 2.05) is 0 Å². The summed E-state index contributed by atoms with van der Waals surface area (Å²) in [6, 6.07) is 0. The zero-order chi connectivity index (χ0) is 10.8. The summed E-state index contributed by atoms with van der Waals surface area (Å²) < 4.78 is 50.9. The minimum absolute atomic E-state index is 0.145. The van der Waals surface area contributed by atoms with E-state index >= 15 is 0 Å². The number of ether oxygens (including phenoxy) is 1. The van der Waals surface area contributed by atoms with Crippen molar-refractivity contribution in [3.8, 4) is 5.75 Å². The maximum Gasteiger partial charge on any atom is 0.573 e. The normalized spacial score (nSPS) is 11.5. The fraction of sp³-hybridized carbons (Fsp3) is 0.286. The molecule has 0 atom stereocenters. The molecule has 7 heteroatoms. The minimum atomic E-state index is -4.86. The maximum atomic E-state index is 12.1. The molecule has 14 heavy (non-hydrogen) atoms. The topological polar surface area (TPSA) is 22.1 Å². The Hall–Kier alpha value is -1.04. The number of pyridine rings is 1. The number of hydrogen-bond acceptors (Lipinski definition) is 2. The van der Waals surface area contributed by atoms with Crippen molar-refractivity contribution in [2.45, 2.75) is 13.0 Å². The van der Waals surface area contributed by atoms with Crippen molar-refractivity contribution in [3.63, 3.8) is 0 Å². The summed E-state index contributed by atoms with van der Waals surface area (Å²) in [5, 5.41) is -0.417. The Kier molecular flexibility index (Phi) is 3.15. The number of hydrogen-bond donors (Lipinski definition) is 0. The van der Waals surface area contributed by atoms with Crippen LogP contribution in [-0.4, -0.2) is 11.3 Å². The Bertz CT molecular complexity index is 328. The molecule has 0 spiro atoms. The minimum Gasteiger partial charge on any atom is -0.403 e. The Balaban J connectivity index is 2.98. The number of rotatable bonds is 2. The van der Waals surface area contributed by atoms with Crippen LogP contribution in [0.1, 0.15) is 5.56 Å². The smallest absolute Gasteiger partial charge is 0.403 e. The van der Waals surface area contributed by atoms with Gasteiger partial charge in [0.25, 0.3) is 0 Å². The summed E-state index contributed by atoms with van der Waals surface area (Å²) in [6.07, 6.45) is -3.05. The summed E-state index contributed by atoms with van der Waals surface area (Å²) in [7, 11) is 0. The molecule has 78 valence electrons. The first-order valence-electron chi connectivity index (χ1n) is 3.38. The predicted octanol–water partition coefficient (Wildman–Crippen LogP) is 3.10. The molecule has 0 fully saturated rings. The summed E-state index contributed by atoms with van der Waals surface area (Å²) in [4.78, 5) is 3.35. The lowest BCUT2D eigenvalue weighted by atomic mass is 10.3. The first-order valence-corrected chi connectivity index (χ1v) is 3.76. The zero-order valence-electron chi connectivity index (χ0n) is 6.61. The lowest BCUT2D eigenvalue weighted by Crippen LogP contribution is -2.17. The van der Waals surface area contributed by atoms with Crippen molar-refractivity contribution >= 4 is 11.6 Å². The van der Waals surface area contributed by atoms with Gasteiger partial charge in [0.15, 0.2) is 5.75 Å². The van der Waals surface area contributed by atoms with Crippen molar-refractivity contribution in [1.29, 1.82) is 0 Å². The van der Waals surface area contributed by atoms with Gasteiger partial charge in [0, 0.05) is 11.8 Å². The average Bonchev–Trinajstić information content (AvgIpc) is 2.06. The van der Waals surface area contributed by atoms with Gasteiger partial charge in [-0.2, -0.15) is 0 Å². The molecule has 0 radical (unpaired) electrons. The van der Waals surface area contributed by atoms with E-state index < -0.39 is 23.8 Å². The zero-order valence-corrected chi connectivity index (χ0v) is 7.36. The molecule has 1 aromatic rings. The second-order valence-corrected chi connectivity index (χ2v) is 2.67. The summed E-state index contributed by atoms with van der Waals surface area (Å²) >= 11 is 5.41. The maximum absolute atomic E-state index is 12.1. The van der Waals surface area contributed by atoms with Gasteiger partial charge in [-0.15, -0.1) is 13.2 Å². The van der Waals surface area contributed by atoms with Crippen molar-refractivity contribution in [2.75, 3.05) is 0 Å². The van der Waals surface area contributed by atoms with Crippen LogP contribution in [0, 0.1) is 0 Å². The van der Waals surface area contributed by atoms with E-state index in [-0.39, 0.29) is 5.56 Å². The van der Waals surface area contributed by atoms with E-state index in [1.54, 1.807) is 0 Å². The van der Waals surface area contributed by atoms with Gasteiger partial charge in [0.2, 0.25) is 0 Å². The van der Waals surface area contributed by atoms with Crippen LogP contribution in [0.5, 0.6) is 5.75 Å². The van der Waals surface area contributed by atoms with Crippen LogP contribution in [0.3, 0.4) is 0 Å². The van der Waals surface area contributed by atoms with Gasteiger partial charge in [-0.1, -0.05) is 11.6 Å². The number of nitrogens with zero attached hydrogens (tertiary/aromatic N) is 1. The fourth-order valence-electron chi connectivity index (χ4n) is 0.756. The molecule has 0 aliphatic carbocycles. The van der Waals surface area contributed by atoms with Crippen molar-refractivity contribution in [2.24, 2.45) is 0 Å². The van der Waals surface area contributed by atoms with E-state index in [0.29, 0.717) is 0 Å². The van der Waals surface area contributed by atoms with Gasteiger partial charge >= 0.3 is 6.36 Å². The molecule has 0 N–H and O–H groups in total. The van der Waals surface area contributed by atoms with Gasteiger partial charge in [-0.25, -0.2) is 4.39 Å². The van der Waals surface area contributed by atoms with Crippen LogP contribution in [0.4, 0.5) is 17.6 Å². The van der Waals surface area contributed by atoms with Crippen LogP contribution < -0.4 is 4.74 Å². The van der Waals surface area contributed by atoms with Crippen LogP contribution in [0.2, 0.25) is 5.02 Å². The lowest BCUT2D eigenvalue weighted by molar-refractivity contribution is -0.274. The van der Waals surface area contributed by atoms with E-state index in [9.17, 15) is 17.6 Å². The molecule has 1 aromatic heterocycles. The van der Waals surface area contributed by atoms with Crippen LogP contribution >= 0.6 is 11.6 Å². The second kappa shape index (κ2) is 4.00. The highest BCUT2D eigenvalue weighted by Gasteiger charge is 2.32. The Labute approximate surface area is 81.5 Å². The fourth-order valence-corrected chi connectivity index (χ4v) is 0.942. The van der Waals surface area contributed by atoms with Crippen molar-refractivity contribution in [1.82, 2.24) is 4.98 Å². The van der Waals surface area contributed by atoms with Gasteiger partial charge in [-0.05, 0) is 0 Å². The third kappa shape index (κ3) is 2.73. The largest absolute Gasteiger partial charge is 0.573 e. The van der Waals surface area contributed by atoms with Gasteiger partial charge < -0.3 is 4.74 Å². The SMILES string of the molecule is FCc1cncc(OC(F)(F)F)c1Cl. The molecule has 0 saturated heterocycles. The van der Waals surface area contributed by atoms with Gasteiger partial charge in [0.05, 0.1) is 11.2 Å². The molecule has 2 nitrogen and oxygen atoms in total. The molecular formula is C7H4ClF4NO. The monoisotopic (exact) mass is 229 g/mol. The van der Waals surface area contributed by atoms with Crippen LogP contribution in [0.25, 0.3) is 0 Å². The van der Waals surface area contributed by atoms with E-state index in [0.717, 1.165) is 12.4 Å². The molecule has 0 saturated carbocycles. The Morgan fingerprint density at radius 1 is 1.36 bits per heavy atom. The second-order valence-electron chi connectivity index (χ2n) is 2.29. The van der Waals surface area contributed by atoms with E-state index in [2.05, 4.69) is 9.72 Å². The molecule has 1 rings (SSSR count). The van der Waals surface area contributed by atoms with E-state index in [1.165, 1.54) is 0 Å². The molecule has 0 bridgehead atoms. The summed E-state index contributed by atoms with van der Waals surface area (Å²) in [6.45, 7) is -0.999. The van der Waals surface area contributed by atoms with Gasteiger partial charge in [-0.3, -0.25) is 4.98 Å². The number of halogens is 5. The number of alkyl halides is 4.